The van der Waals surface area contributed by atoms with Crippen LogP contribution in [-0.2, 0) is 14.3 Å². The molecule has 0 N–H and O–H groups in total. The van der Waals surface area contributed by atoms with Crippen molar-refractivity contribution >= 4 is 5.97 Å². The van der Waals surface area contributed by atoms with Crippen LogP contribution in [0.25, 0.3) is 0 Å². The summed E-state index contributed by atoms with van der Waals surface area (Å²) in [6, 6.07) is 0. The highest BCUT2D eigenvalue weighted by Gasteiger charge is 2.26. The highest BCUT2D eigenvalue weighted by Crippen LogP contribution is 2.14. The van der Waals surface area contributed by atoms with E-state index in [9.17, 15) is 4.79 Å². The summed E-state index contributed by atoms with van der Waals surface area (Å²) < 4.78 is 10.0. The van der Waals surface area contributed by atoms with Gasteiger partial charge in [-0.1, -0.05) is 6.92 Å². The van der Waals surface area contributed by atoms with E-state index in [1.807, 2.05) is 6.92 Å². The summed E-state index contributed by atoms with van der Waals surface area (Å²) in [5.41, 5.74) is 0. The van der Waals surface area contributed by atoms with E-state index in [1.165, 1.54) is 0 Å². The van der Waals surface area contributed by atoms with Gasteiger partial charge in [0.2, 0.25) is 0 Å². The van der Waals surface area contributed by atoms with Crippen molar-refractivity contribution in [2.45, 2.75) is 19.8 Å². The Morgan fingerprint density at radius 2 is 2.55 bits per heavy atom. The molecule has 1 saturated heterocycles. The molecule has 0 aromatic heterocycles. The van der Waals surface area contributed by atoms with E-state index in [-0.39, 0.29) is 11.9 Å². The summed E-state index contributed by atoms with van der Waals surface area (Å²) in [4.78, 5) is 10.9. The second kappa shape index (κ2) is 4.34. The number of esters is 1. The topological polar surface area (TPSA) is 35.5 Å². The van der Waals surface area contributed by atoms with Gasteiger partial charge in [0.25, 0.3) is 0 Å². The maximum atomic E-state index is 10.9. The van der Waals surface area contributed by atoms with Crippen molar-refractivity contribution in [3.8, 4) is 0 Å². The van der Waals surface area contributed by atoms with Gasteiger partial charge in [0.05, 0.1) is 19.1 Å². The SMILES string of the molecule is CCCOCC1CCOC1=O. The minimum Gasteiger partial charge on any atom is -0.465 e. The highest BCUT2D eigenvalue weighted by atomic mass is 16.5. The van der Waals surface area contributed by atoms with Gasteiger partial charge < -0.3 is 9.47 Å². The van der Waals surface area contributed by atoms with Crippen molar-refractivity contribution in [3.63, 3.8) is 0 Å². The smallest absolute Gasteiger partial charge is 0.311 e. The van der Waals surface area contributed by atoms with Crippen LogP contribution in [0.15, 0.2) is 0 Å². The van der Waals surface area contributed by atoms with E-state index in [0.717, 1.165) is 19.4 Å². The molecule has 0 spiro atoms. The van der Waals surface area contributed by atoms with Crippen molar-refractivity contribution in [1.82, 2.24) is 0 Å². The lowest BCUT2D eigenvalue weighted by Gasteiger charge is -2.04. The quantitative estimate of drug-likeness (QED) is 0.452. The van der Waals surface area contributed by atoms with E-state index in [1.54, 1.807) is 0 Å². The first-order valence-electron chi connectivity index (χ1n) is 4.09. The molecule has 0 aromatic rings. The van der Waals surface area contributed by atoms with Crippen LogP contribution in [0.4, 0.5) is 0 Å². The van der Waals surface area contributed by atoms with Gasteiger partial charge in [-0.05, 0) is 12.8 Å². The third-order valence-electron chi connectivity index (χ3n) is 1.71. The van der Waals surface area contributed by atoms with Crippen molar-refractivity contribution in [1.29, 1.82) is 0 Å². The van der Waals surface area contributed by atoms with E-state index < -0.39 is 0 Å². The Morgan fingerprint density at radius 3 is 3.09 bits per heavy atom. The Hall–Kier alpha value is -0.570. The molecule has 3 heteroatoms. The maximum Gasteiger partial charge on any atom is 0.311 e. The fourth-order valence-electron chi connectivity index (χ4n) is 1.06. The monoisotopic (exact) mass is 158 g/mol. The fraction of sp³-hybridized carbons (Fsp3) is 0.875. The number of hydrogen-bond donors (Lipinski definition) is 0. The molecule has 11 heavy (non-hydrogen) atoms. The molecule has 0 aliphatic carbocycles. The molecule has 0 aromatic carbocycles. The van der Waals surface area contributed by atoms with Crippen molar-refractivity contribution in [3.05, 3.63) is 0 Å². The van der Waals surface area contributed by atoms with Gasteiger partial charge in [-0.3, -0.25) is 4.79 Å². The second-order valence-electron chi connectivity index (χ2n) is 2.73. The average Bonchev–Trinajstić information content (AvgIpc) is 2.37. The lowest BCUT2D eigenvalue weighted by atomic mass is 10.1. The predicted octanol–water partition coefficient (Wildman–Crippen LogP) is 0.976. The third-order valence-corrected chi connectivity index (χ3v) is 1.71. The zero-order valence-electron chi connectivity index (χ0n) is 6.84. The minimum atomic E-state index is -0.0962. The summed E-state index contributed by atoms with van der Waals surface area (Å²) in [5.74, 6) is -0.0948. The molecule has 1 heterocycles. The molecule has 1 aliphatic rings. The van der Waals surface area contributed by atoms with Gasteiger partial charge in [0, 0.05) is 6.61 Å². The summed E-state index contributed by atoms with van der Waals surface area (Å²) in [5, 5.41) is 0. The number of rotatable bonds is 4. The van der Waals surface area contributed by atoms with Crippen LogP contribution in [0.5, 0.6) is 0 Å². The molecule has 1 fully saturated rings. The van der Waals surface area contributed by atoms with Crippen LogP contribution in [0.2, 0.25) is 0 Å². The number of hydrogen-bond acceptors (Lipinski definition) is 3. The van der Waals surface area contributed by atoms with Gasteiger partial charge in [0.15, 0.2) is 0 Å². The van der Waals surface area contributed by atoms with Crippen molar-refractivity contribution in [2.75, 3.05) is 19.8 Å². The highest BCUT2D eigenvalue weighted by molar-refractivity contribution is 5.74. The van der Waals surface area contributed by atoms with E-state index in [2.05, 4.69) is 0 Å². The van der Waals surface area contributed by atoms with Gasteiger partial charge in [-0.15, -0.1) is 0 Å². The third kappa shape index (κ3) is 2.50. The van der Waals surface area contributed by atoms with Crippen molar-refractivity contribution < 1.29 is 14.3 Å². The van der Waals surface area contributed by atoms with Gasteiger partial charge in [-0.2, -0.15) is 0 Å². The molecule has 3 nitrogen and oxygen atoms in total. The molecule has 0 saturated carbocycles. The Kier molecular flexibility index (Phi) is 3.36. The molecule has 1 aliphatic heterocycles. The van der Waals surface area contributed by atoms with E-state index >= 15 is 0 Å². The van der Waals surface area contributed by atoms with E-state index in [4.69, 9.17) is 9.47 Å². The Morgan fingerprint density at radius 1 is 1.73 bits per heavy atom. The van der Waals surface area contributed by atoms with E-state index in [0.29, 0.717) is 13.2 Å². The second-order valence-corrected chi connectivity index (χ2v) is 2.73. The number of cyclic esters (lactones) is 1. The summed E-state index contributed by atoms with van der Waals surface area (Å²) >= 11 is 0. The summed E-state index contributed by atoms with van der Waals surface area (Å²) in [6.07, 6.45) is 1.82. The van der Waals surface area contributed by atoms with Gasteiger partial charge in [-0.25, -0.2) is 0 Å². The number of carbonyl (C=O) groups is 1. The minimum absolute atomic E-state index is 0.00144. The molecular weight excluding hydrogens is 144 g/mol. The zero-order valence-corrected chi connectivity index (χ0v) is 6.84. The van der Waals surface area contributed by atoms with Crippen LogP contribution >= 0.6 is 0 Å². The Labute approximate surface area is 66.7 Å². The molecule has 0 amide bonds. The summed E-state index contributed by atoms with van der Waals surface area (Å²) in [7, 11) is 0. The maximum absolute atomic E-state index is 10.9. The molecule has 0 bridgehead atoms. The number of ether oxygens (including phenoxy) is 2. The number of carbonyl (C=O) groups excluding carboxylic acids is 1. The van der Waals surface area contributed by atoms with Crippen LogP contribution in [0.1, 0.15) is 19.8 Å². The lowest BCUT2D eigenvalue weighted by molar-refractivity contribution is -0.142. The summed E-state index contributed by atoms with van der Waals surface area (Å²) in [6.45, 7) is 3.89. The molecule has 1 unspecified atom stereocenters. The van der Waals surface area contributed by atoms with Crippen LogP contribution in [-0.4, -0.2) is 25.8 Å². The first kappa shape index (κ1) is 8.53. The van der Waals surface area contributed by atoms with Crippen LogP contribution in [0, 0.1) is 5.92 Å². The molecular formula is C8H14O3. The Bertz CT molecular complexity index is 133. The average molecular weight is 158 g/mol. The molecule has 64 valence electrons. The standard InChI is InChI=1S/C8H14O3/c1-2-4-10-6-7-3-5-11-8(7)9/h7H,2-6H2,1H3. The molecule has 1 rings (SSSR count). The lowest BCUT2D eigenvalue weighted by Crippen LogP contribution is -2.14. The van der Waals surface area contributed by atoms with Crippen LogP contribution < -0.4 is 0 Å². The molecule has 1 atom stereocenters. The first-order chi connectivity index (χ1) is 5.34. The Balaban J connectivity index is 2.10. The molecule has 0 radical (unpaired) electrons. The normalized spacial score (nSPS) is 23.7. The van der Waals surface area contributed by atoms with Gasteiger partial charge >= 0.3 is 5.97 Å². The fourth-order valence-corrected chi connectivity index (χ4v) is 1.06. The van der Waals surface area contributed by atoms with Crippen LogP contribution in [0.3, 0.4) is 0 Å². The first-order valence-corrected chi connectivity index (χ1v) is 4.09. The predicted molar refractivity (Wildman–Crippen MR) is 40.2 cm³/mol. The largest absolute Gasteiger partial charge is 0.465 e. The van der Waals surface area contributed by atoms with Crippen molar-refractivity contribution in [2.24, 2.45) is 5.92 Å². The van der Waals surface area contributed by atoms with Gasteiger partial charge in [0.1, 0.15) is 0 Å². The zero-order chi connectivity index (χ0) is 8.10.